The number of anilines is 1. The second-order valence-electron chi connectivity index (χ2n) is 9.79. The highest BCUT2D eigenvalue weighted by Gasteiger charge is 2.61. The van der Waals surface area contributed by atoms with Crippen LogP contribution >= 0.6 is 11.3 Å². The Kier molecular flexibility index (Phi) is 5.82. The number of nitrogens with one attached hydrogen (secondary N) is 2. The molecule has 1 aromatic rings. The minimum absolute atomic E-state index is 0.0441. The van der Waals surface area contributed by atoms with Crippen LogP contribution in [0.25, 0.3) is 0 Å². The fourth-order valence-electron chi connectivity index (χ4n) is 5.43. The number of hydrogen-bond acceptors (Lipinski definition) is 7. The van der Waals surface area contributed by atoms with Crippen molar-refractivity contribution in [1.29, 1.82) is 5.26 Å². The van der Waals surface area contributed by atoms with E-state index >= 15 is 0 Å². The van der Waals surface area contributed by atoms with Crippen molar-refractivity contribution < 1.29 is 21.6 Å². The summed E-state index contributed by atoms with van der Waals surface area (Å²) in [5.41, 5.74) is -3.50. The first-order valence-corrected chi connectivity index (χ1v) is 13.0. The van der Waals surface area contributed by atoms with Gasteiger partial charge in [-0.05, 0) is 43.4 Å². The molecule has 2 unspecified atom stereocenters. The molecule has 0 saturated carbocycles. The molecule has 0 aromatic carbocycles. The average Bonchev–Trinajstić information content (AvgIpc) is 3.39. The summed E-state index contributed by atoms with van der Waals surface area (Å²) in [6.45, 7) is 6.35. The van der Waals surface area contributed by atoms with Gasteiger partial charge in [-0.1, -0.05) is 13.8 Å². The largest absolute Gasteiger partial charge is 0.412 e. The Bertz CT molecular complexity index is 1120. The van der Waals surface area contributed by atoms with E-state index in [1.165, 1.54) is 12.3 Å². The van der Waals surface area contributed by atoms with Gasteiger partial charge >= 0.3 is 6.18 Å². The summed E-state index contributed by atoms with van der Waals surface area (Å²) in [7, 11) is -4.31. The number of aromatic nitrogens is 1. The fourth-order valence-corrected chi connectivity index (χ4v) is 7.39. The zero-order valence-corrected chi connectivity index (χ0v) is 20.0. The van der Waals surface area contributed by atoms with E-state index in [0.717, 1.165) is 55.8 Å². The molecule has 0 spiro atoms. The van der Waals surface area contributed by atoms with Crippen LogP contribution in [0.4, 0.5) is 18.3 Å². The minimum atomic E-state index is -4.97. The van der Waals surface area contributed by atoms with Crippen molar-refractivity contribution in [2.75, 3.05) is 24.4 Å². The van der Waals surface area contributed by atoms with Gasteiger partial charge in [-0.25, -0.2) is 13.4 Å². The third-order valence-corrected chi connectivity index (χ3v) is 9.03. The Labute approximate surface area is 195 Å². The molecule has 3 aliphatic rings. The summed E-state index contributed by atoms with van der Waals surface area (Å²) >= 11 is 1.01. The number of nitrogens with zero attached hydrogens (tertiary/aromatic N) is 3. The molecule has 1 aliphatic carbocycles. The summed E-state index contributed by atoms with van der Waals surface area (Å²) in [5.74, 6) is 0. The monoisotopic (exact) mass is 501 g/mol. The summed E-state index contributed by atoms with van der Waals surface area (Å²) in [5, 5.41) is 14.3. The molecule has 2 fully saturated rings. The van der Waals surface area contributed by atoms with Crippen LogP contribution in [0.3, 0.4) is 0 Å². The fraction of sp³-hybridized carbons (Fsp3) is 0.619. The van der Waals surface area contributed by atoms with E-state index in [4.69, 9.17) is 0 Å². The van der Waals surface area contributed by atoms with E-state index in [9.17, 15) is 26.9 Å². The molecule has 7 nitrogen and oxygen atoms in total. The van der Waals surface area contributed by atoms with Crippen molar-refractivity contribution in [3.8, 4) is 6.07 Å². The third kappa shape index (κ3) is 4.26. The molecule has 0 amide bonds. The van der Waals surface area contributed by atoms with Gasteiger partial charge in [0.1, 0.15) is 0 Å². The molecule has 3 heterocycles. The lowest BCUT2D eigenvalue weighted by Crippen LogP contribution is -2.51. The molecular formula is C21H26F3N5O2S2. The van der Waals surface area contributed by atoms with Gasteiger partial charge in [-0.15, -0.1) is 11.3 Å². The summed E-state index contributed by atoms with van der Waals surface area (Å²) < 4.78 is 70.6. The molecule has 4 rings (SSSR count). The SMILES string of the molecule is CC1(C)CN2CCCC2(CNC2=CC=C(S(=O)(=O)Nc3nccs3)CC2(C#N)C(F)(F)F)C1. The quantitative estimate of drug-likeness (QED) is 0.612. The summed E-state index contributed by atoms with van der Waals surface area (Å²) in [6.07, 6.45) is 0.326. The van der Waals surface area contributed by atoms with E-state index in [0.29, 0.717) is 0 Å². The van der Waals surface area contributed by atoms with Gasteiger partial charge in [-0.3, -0.25) is 9.62 Å². The number of alkyl halides is 3. The van der Waals surface area contributed by atoms with Crippen molar-refractivity contribution in [3.63, 3.8) is 0 Å². The van der Waals surface area contributed by atoms with Crippen LogP contribution in [0.1, 0.15) is 39.5 Å². The van der Waals surface area contributed by atoms with Crippen LogP contribution in [-0.4, -0.2) is 49.7 Å². The summed E-state index contributed by atoms with van der Waals surface area (Å²) in [6, 6.07) is 1.40. The van der Waals surface area contributed by atoms with Crippen molar-refractivity contribution in [3.05, 3.63) is 34.3 Å². The highest BCUT2D eigenvalue weighted by atomic mass is 32.2. The number of fused-ring (bicyclic) bond motifs is 1. The molecule has 2 saturated heterocycles. The van der Waals surface area contributed by atoms with E-state index in [1.54, 1.807) is 5.38 Å². The smallest absolute Gasteiger partial charge is 0.385 e. The number of halogens is 3. The maximum Gasteiger partial charge on any atom is 0.412 e. The zero-order valence-electron chi connectivity index (χ0n) is 18.4. The second kappa shape index (κ2) is 7.99. The Hall–Kier alpha value is -2.10. The number of sulfonamides is 1. The van der Waals surface area contributed by atoms with Crippen molar-refractivity contribution in [1.82, 2.24) is 15.2 Å². The van der Waals surface area contributed by atoms with E-state index in [1.807, 2.05) is 0 Å². The molecule has 0 bridgehead atoms. The lowest BCUT2D eigenvalue weighted by Gasteiger charge is -2.38. The first-order valence-electron chi connectivity index (χ1n) is 10.6. The number of nitriles is 1. The normalized spacial score (nSPS) is 29.7. The Morgan fingerprint density at radius 1 is 1.33 bits per heavy atom. The maximum atomic E-state index is 14.3. The topological polar surface area (TPSA) is 98.1 Å². The van der Waals surface area contributed by atoms with Crippen LogP contribution < -0.4 is 10.0 Å². The molecule has 12 heteroatoms. The van der Waals surface area contributed by atoms with Gasteiger partial charge < -0.3 is 5.32 Å². The van der Waals surface area contributed by atoms with Crippen molar-refractivity contribution in [2.24, 2.45) is 10.8 Å². The van der Waals surface area contributed by atoms with E-state index in [-0.39, 0.29) is 28.3 Å². The Balaban J connectivity index is 1.64. The number of rotatable bonds is 6. The van der Waals surface area contributed by atoms with Crippen LogP contribution in [0.15, 0.2) is 34.3 Å². The van der Waals surface area contributed by atoms with Gasteiger partial charge in [-0.2, -0.15) is 18.4 Å². The lowest BCUT2D eigenvalue weighted by atomic mass is 9.77. The van der Waals surface area contributed by atoms with Crippen LogP contribution in [-0.2, 0) is 10.0 Å². The number of thiazole rings is 1. The number of hydrogen-bond donors (Lipinski definition) is 2. The molecule has 180 valence electrons. The predicted octanol–water partition coefficient (Wildman–Crippen LogP) is 3.98. The second-order valence-corrected chi connectivity index (χ2v) is 12.4. The standard InChI is InChI=1S/C21H26F3N5O2S2/c1-18(2)11-19(6-3-8-29(19)14-18)13-27-16-5-4-15(10-20(16,12-25)21(22,23)24)33(30,31)28-17-26-7-9-32-17/h4-5,7,9,27H,3,6,8,10-11,13-14H2,1-2H3,(H,26,28). The number of allylic oxidation sites excluding steroid dienone is 4. The molecule has 1 aromatic heterocycles. The molecule has 33 heavy (non-hydrogen) atoms. The average molecular weight is 502 g/mol. The van der Waals surface area contributed by atoms with Crippen LogP contribution in [0.2, 0.25) is 0 Å². The molecule has 0 radical (unpaired) electrons. The Morgan fingerprint density at radius 2 is 2.09 bits per heavy atom. The lowest BCUT2D eigenvalue weighted by molar-refractivity contribution is -0.191. The van der Waals surface area contributed by atoms with E-state index < -0.39 is 32.9 Å². The van der Waals surface area contributed by atoms with Gasteiger partial charge in [0.2, 0.25) is 0 Å². The maximum absolute atomic E-state index is 14.3. The van der Waals surface area contributed by atoms with Crippen molar-refractivity contribution in [2.45, 2.75) is 51.2 Å². The first-order chi connectivity index (χ1) is 15.3. The van der Waals surface area contributed by atoms with Gasteiger partial charge in [0.15, 0.2) is 10.5 Å². The van der Waals surface area contributed by atoms with Crippen LogP contribution in [0.5, 0.6) is 0 Å². The highest BCUT2D eigenvalue weighted by molar-refractivity contribution is 7.96. The van der Waals surface area contributed by atoms with Gasteiger partial charge in [0.25, 0.3) is 10.0 Å². The third-order valence-electron chi connectivity index (χ3n) is 6.78. The predicted molar refractivity (Wildman–Crippen MR) is 119 cm³/mol. The molecule has 2 atom stereocenters. The zero-order chi connectivity index (χ0) is 24.1. The van der Waals surface area contributed by atoms with Gasteiger partial charge in [0.05, 0.1) is 11.0 Å². The first kappa shape index (κ1) is 24.0. The van der Waals surface area contributed by atoms with E-state index in [2.05, 4.69) is 33.8 Å². The molecule has 2 aliphatic heterocycles. The van der Waals surface area contributed by atoms with Gasteiger partial charge in [0, 0.05) is 42.3 Å². The highest BCUT2D eigenvalue weighted by Crippen LogP contribution is 2.51. The Morgan fingerprint density at radius 3 is 2.73 bits per heavy atom. The summed E-state index contributed by atoms with van der Waals surface area (Å²) in [4.78, 5) is 5.63. The van der Waals surface area contributed by atoms with Crippen LogP contribution in [0, 0.1) is 22.2 Å². The van der Waals surface area contributed by atoms with Crippen molar-refractivity contribution >= 4 is 26.5 Å². The minimum Gasteiger partial charge on any atom is -0.385 e. The molecule has 2 N–H and O–H groups in total. The molecular weight excluding hydrogens is 475 g/mol.